The summed E-state index contributed by atoms with van der Waals surface area (Å²) < 4.78 is 10.0. The van der Waals surface area contributed by atoms with Gasteiger partial charge in [-0.05, 0) is 44.0 Å². The van der Waals surface area contributed by atoms with Crippen molar-refractivity contribution in [3.05, 3.63) is 65.5 Å². The van der Waals surface area contributed by atoms with Crippen LogP contribution in [0.15, 0.2) is 42.7 Å². The zero-order chi connectivity index (χ0) is 23.9. The molecule has 0 N–H and O–H groups in total. The fourth-order valence-electron chi connectivity index (χ4n) is 4.21. The van der Waals surface area contributed by atoms with Gasteiger partial charge in [-0.3, -0.25) is 4.98 Å². The van der Waals surface area contributed by atoms with E-state index in [0.717, 1.165) is 59.3 Å². The summed E-state index contributed by atoms with van der Waals surface area (Å²) in [4.78, 5) is 12.8. The first kappa shape index (κ1) is 22.5. The maximum absolute atomic E-state index is 7.50. The number of rotatable bonds is 8. The largest absolute Gasteiger partial charge is 0.362 e. The fraction of sp³-hybridized carbons (Fsp3) is 0.385. The van der Waals surface area contributed by atoms with Crippen molar-refractivity contribution in [3.63, 3.8) is 0 Å². The van der Waals surface area contributed by atoms with Crippen molar-refractivity contribution in [1.82, 2.24) is 24.1 Å². The van der Waals surface area contributed by atoms with E-state index in [0.29, 0.717) is 18.5 Å². The molecule has 0 amide bonds. The number of ether oxygens (including phenoxy) is 1. The van der Waals surface area contributed by atoms with Crippen LogP contribution in [0.2, 0.25) is 25.7 Å². The first-order valence-electron chi connectivity index (χ1n) is 11.8. The highest BCUT2D eigenvalue weighted by Gasteiger charge is 2.34. The lowest BCUT2D eigenvalue weighted by molar-refractivity contribution is 0.0767. The standard InChI is InChI=1S/C26H30N6OSi/c1-18-7-6-8-21(29-18)25-24(20-11-12-22-28-15-23(27-2)31(22)16-20)26(19-9-10-19)32(30-25)17-33-13-14-34(3,4)5/h6-8,11-12,15-16,19H,9-10,13-14,17H2,1,3-5H3. The molecule has 4 heterocycles. The van der Waals surface area contributed by atoms with Gasteiger partial charge < -0.3 is 9.58 Å². The average molecular weight is 471 g/mol. The quantitative estimate of drug-likeness (QED) is 0.172. The molecule has 8 heteroatoms. The first-order chi connectivity index (χ1) is 16.3. The molecule has 1 fully saturated rings. The topological polar surface area (TPSA) is 61.6 Å². The van der Waals surface area contributed by atoms with Crippen molar-refractivity contribution < 1.29 is 4.74 Å². The highest BCUT2D eigenvalue weighted by Crippen LogP contribution is 2.47. The van der Waals surface area contributed by atoms with E-state index < -0.39 is 8.07 Å². The van der Waals surface area contributed by atoms with Crippen molar-refractivity contribution in [1.29, 1.82) is 0 Å². The van der Waals surface area contributed by atoms with Crippen LogP contribution < -0.4 is 0 Å². The Kier molecular flexibility index (Phi) is 5.84. The highest BCUT2D eigenvalue weighted by atomic mass is 28.3. The van der Waals surface area contributed by atoms with Gasteiger partial charge in [0.2, 0.25) is 5.65 Å². The lowest BCUT2D eigenvalue weighted by Crippen LogP contribution is -2.22. The molecular weight excluding hydrogens is 440 g/mol. The van der Waals surface area contributed by atoms with Gasteiger partial charge in [-0.2, -0.15) is 5.10 Å². The van der Waals surface area contributed by atoms with Crippen LogP contribution in [0.1, 0.15) is 30.1 Å². The second-order valence-electron chi connectivity index (χ2n) is 10.3. The minimum Gasteiger partial charge on any atom is -0.362 e. The predicted molar refractivity (Wildman–Crippen MR) is 137 cm³/mol. The van der Waals surface area contributed by atoms with Crippen LogP contribution in [0.3, 0.4) is 0 Å². The second-order valence-corrected chi connectivity index (χ2v) is 15.9. The summed E-state index contributed by atoms with van der Waals surface area (Å²) in [5.41, 5.74) is 6.75. The van der Waals surface area contributed by atoms with E-state index in [1.807, 2.05) is 46.5 Å². The van der Waals surface area contributed by atoms with Gasteiger partial charge in [-0.15, -0.1) is 0 Å². The van der Waals surface area contributed by atoms with Crippen LogP contribution in [-0.2, 0) is 11.5 Å². The van der Waals surface area contributed by atoms with E-state index in [1.165, 1.54) is 5.69 Å². The average Bonchev–Trinajstić information content (AvgIpc) is 3.44. The maximum atomic E-state index is 7.50. The zero-order valence-electron chi connectivity index (χ0n) is 20.2. The molecule has 0 spiro atoms. The summed E-state index contributed by atoms with van der Waals surface area (Å²) >= 11 is 0. The van der Waals surface area contributed by atoms with Crippen LogP contribution in [0.25, 0.3) is 33.0 Å². The third kappa shape index (κ3) is 4.54. The minimum atomic E-state index is -1.16. The van der Waals surface area contributed by atoms with Crippen molar-refractivity contribution in [3.8, 4) is 22.5 Å². The van der Waals surface area contributed by atoms with E-state index in [2.05, 4.69) is 35.5 Å². The molecule has 1 aliphatic carbocycles. The smallest absolute Gasteiger partial charge is 0.254 e. The monoisotopic (exact) mass is 470 g/mol. The molecule has 0 unspecified atom stereocenters. The molecule has 0 saturated heterocycles. The summed E-state index contributed by atoms with van der Waals surface area (Å²) in [5.74, 6) is 0.961. The van der Waals surface area contributed by atoms with Crippen molar-refractivity contribution >= 4 is 19.5 Å². The molecule has 174 valence electrons. The first-order valence-corrected chi connectivity index (χ1v) is 15.5. The number of aromatic nitrogens is 5. The summed E-state index contributed by atoms with van der Waals surface area (Å²) in [6.07, 6.45) is 5.92. The van der Waals surface area contributed by atoms with Crippen LogP contribution in [-0.4, -0.2) is 38.8 Å². The van der Waals surface area contributed by atoms with Crippen molar-refractivity contribution in [2.45, 2.75) is 58.1 Å². The summed E-state index contributed by atoms with van der Waals surface area (Å²) in [6, 6.07) is 11.2. The number of fused-ring (bicyclic) bond motifs is 1. The summed E-state index contributed by atoms with van der Waals surface area (Å²) in [5, 5.41) is 5.06. The third-order valence-electron chi connectivity index (χ3n) is 6.19. The SMILES string of the molecule is [C-]#[N+]c1cnc2ccc(-c3c(-c4cccc(C)n4)nn(COCC[Si](C)(C)C)c3C3CC3)cn12. The Bertz CT molecular complexity index is 1390. The van der Waals surface area contributed by atoms with Crippen molar-refractivity contribution in [2.24, 2.45) is 0 Å². The van der Waals surface area contributed by atoms with E-state index in [4.69, 9.17) is 21.4 Å². The number of hydrogen-bond acceptors (Lipinski definition) is 4. The lowest BCUT2D eigenvalue weighted by Gasteiger charge is -2.16. The molecule has 7 nitrogen and oxygen atoms in total. The van der Waals surface area contributed by atoms with Crippen LogP contribution >= 0.6 is 0 Å². The minimum absolute atomic E-state index is 0.440. The molecule has 4 aromatic rings. The Hall–Kier alpha value is -3.28. The predicted octanol–water partition coefficient (Wildman–Crippen LogP) is 6.31. The molecule has 4 aromatic heterocycles. The van der Waals surface area contributed by atoms with E-state index >= 15 is 0 Å². The van der Waals surface area contributed by atoms with Gasteiger partial charge in [0.25, 0.3) is 5.82 Å². The van der Waals surface area contributed by atoms with E-state index in [1.54, 1.807) is 6.20 Å². The number of aryl methyl sites for hydroxylation is 1. The molecule has 0 bridgehead atoms. The molecule has 0 radical (unpaired) electrons. The maximum Gasteiger partial charge on any atom is 0.254 e. The highest BCUT2D eigenvalue weighted by molar-refractivity contribution is 6.76. The summed E-state index contributed by atoms with van der Waals surface area (Å²) in [7, 11) is -1.16. The Morgan fingerprint density at radius 2 is 2.00 bits per heavy atom. The van der Waals surface area contributed by atoms with Gasteiger partial charge in [-0.25, -0.2) is 14.1 Å². The third-order valence-corrected chi connectivity index (χ3v) is 7.89. The Labute approximate surface area is 201 Å². The van der Waals surface area contributed by atoms with E-state index in [9.17, 15) is 0 Å². The van der Waals surface area contributed by atoms with Gasteiger partial charge in [0, 0.05) is 43.5 Å². The second kappa shape index (κ2) is 8.82. The van der Waals surface area contributed by atoms with Gasteiger partial charge in [0.15, 0.2) is 0 Å². The lowest BCUT2D eigenvalue weighted by atomic mass is 10.00. The molecule has 1 saturated carbocycles. The molecule has 34 heavy (non-hydrogen) atoms. The van der Waals surface area contributed by atoms with Gasteiger partial charge in [0.1, 0.15) is 12.4 Å². The molecule has 0 aliphatic heterocycles. The van der Waals surface area contributed by atoms with Crippen molar-refractivity contribution in [2.75, 3.05) is 6.61 Å². The summed E-state index contributed by atoms with van der Waals surface area (Å²) in [6.45, 7) is 17.8. The zero-order valence-corrected chi connectivity index (χ0v) is 21.2. The Morgan fingerprint density at radius 3 is 2.71 bits per heavy atom. The Balaban J connectivity index is 1.63. The number of imidazole rings is 1. The fourth-order valence-corrected chi connectivity index (χ4v) is 4.97. The van der Waals surface area contributed by atoms with Crippen LogP contribution in [0, 0.1) is 13.5 Å². The number of pyridine rings is 2. The van der Waals surface area contributed by atoms with E-state index in [-0.39, 0.29) is 0 Å². The van der Waals surface area contributed by atoms with Gasteiger partial charge in [-0.1, -0.05) is 32.3 Å². The van der Waals surface area contributed by atoms with Gasteiger partial charge in [0.05, 0.1) is 23.8 Å². The number of nitrogens with zero attached hydrogens (tertiary/aromatic N) is 6. The molecule has 1 aliphatic rings. The Morgan fingerprint density at radius 1 is 1.18 bits per heavy atom. The molecule has 0 atom stereocenters. The normalized spacial score (nSPS) is 14.0. The molecule has 0 aromatic carbocycles. The van der Waals surface area contributed by atoms with Crippen LogP contribution in [0.4, 0.5) is 5.82 Å². The number of hydrogen-bond donors (Lipinski definition) is 0. The van der Waals surface area contributed by atoms with Gasteiger partial charge >= 0.3 is 0 Å². The molecular formula is C26H30N6OSi. The van der Waals surface area contributed by atoms with Crippen LogP contribution in [0.5, 0.6) is 0 Å². The molecule has 5 rings (SSSR count).